The summed E-state index contributed by atoms with van der Waals surface area (Å²) in [6, 6.07) is 9.38. The zero-order valence-corrected chi connectivity index (χ0v) is 13.5. The molecule has 0 aliphatic rings. The Morgan fingerprint density at radius 3 is 2.26 bits per heavy atom. The van der Waals surface area contributed by atoms with Crippen molar-refractivity contribution in [2.75, 3.05) is 7.05 Å². The van der Waals surface area contributed by atoms with Gasteiger partial charge in [0, 0.05) is 24.7 Å². The molecule has 0 aliphatic heterocycles. The van der Waals surface area contributed by atoms with E-state index >= 15 is 0 Å². The predicted octanol–water partition coefficient (Wildman–Crippen LogP) is 3.81. The van der Waals surface area contributed by atoms with Crippen LogP contribution in [0, 0.1) is 0 Å². The first-order valence-electron chi connectivity index (χ1n) is 7.35. The van der Waals surface area contributed by atoms with Crippen LogP contribution in [-0.4, -0.2) is 23.5 Å². The van der Waals surface area contributed by atoms with E-state index < -0.39 is 0 Å². The first kappa shape index (κ1) is 16.2. The van der Waals surface area contributed by atoms with Crippen molar-refractivity contribution in [1.29, 1.82) is 0 Å². The van der Waals surface area contributed by atoms with Crippen LogP contribution in [0.2, 0.25) is 0 Å². The van der Waals surface area contributed by atoms with Gasteiger partial charge in [0.25, 0.3) is 0 Å². The van der Waals surface area contributed by atoms with Gasteiger partial charge in [-0.2, -0.15) is 0 Å². The van der Waals surface area contributed by atoms with Gasteiger partial charge < -0.3 is 5.32 Å². The predicted molar refractivity (Wildman–Crippen MR) is 84.3 cm³/mol. The largest absolute Gasteiger partial charge is 0.308 e. The SMILES string of the molecule is CCC(C)N(C)Cc1ccccc1CNC(C)(C)C. The Balaban J connectivity index is 2.73. The summed E-state index contributed by atoms with van der Waals surface area (Å²) in [6.45, 7) is 13.1. The van der Waals surface area contributed by atoms with E-state index in [0.29, 0.717) is 6.04 Å². The zero-order valence-electron chi connectivity index (χ0n) is 13.5. The van der Waals surface area contributed by atoms with E-state index in [1.54, 1.807) is 0 Å². The molecule has 0 saturated carbocycles. The molecule has 0 fully saturated rings. The minimum Gasteiger partial charge on any atom is -0.308 e. The molecule has 0 amide bonds. The third-order valence-electron chi connectivity index (χ3n) is 3.69. The maximum Gasteiger partial charge on any atom is 0.0236 e. The summed E-state index contributed by atoms with van der Waals surface area (Å²) in [6.07, 6.45) is 1.19. The van der Waals surface area contributed by atoms with E-state index in [0.717, 1.165) is 13.1 Å². The molecule has 19 heavy (non-hydrogen) atoms. The van der Waals surface area contributed by atoms with Gasteiger partial charge in [0.05, 0.1) is 0 Å². The van der Waals surface area contributed by atoms with Crippen LogP contribution in [0.15, 0.2) is 24.3 Å². The quantitative estimate of drug-likeness (QED) is 0.839. The van der Waals surface area contributed by atoms with Crippen molar-refractivity contribution in [3.63, 3.8) is 0 Å². The van der Waals surface area contributed by atoms with E-state index in [9.17, 15) is 0 Å². The summed E-state index contributed by atoms with van der Waals surface area (Å²) in [7, 11) is 2.21. The molecule has 2 nitrogen and oxygen atoms in total. The highest BCUT2D eigenvalue weighted by atomic mass is 15.1. The lowest BCUT2D eigenvalue weighted by Crippen LogP contribution is -2.35. The Hall–Kier alpha value is -0.860. The molecule has 1 unspecified atom stereocenters. The van der Waals surface area contributed by atoms with Gasteiger partial charge in [-0.1, -0.05) is 31.2 Å². The standard InChI is InChI=1S/C17H30N2/c1-7-14(2)19(6)13-16-11-9-8-10-15(16)12-18-17(3,4)5/h8-11,14,18H,7,12-13H2,1-6H3. The molecule has 0 radical (unpaired) electrons. The van der Waals surface area contributed by atoms with E-state index in [2.05, 4.69) is 76.1 Å². The smallest absolute Gasteiger partial charge is 0.0236 e. The molecular weight excluding hydrogens is 232 g/mol. The second-order valence-corrected chi connectivity index (χ2v) is 6.54. The fourth-order valence-corrected chi connectivity index (χ4v) is 1.98. The van der Waals surface area contributed by atoms with Crippen molar-refractivity contribution in [3.8, 4) is 0 Å². The molecule has 0 aromatic heterocycles. The number of hydrogen-bond acceptors (Lipinski definition) is 2. The van der Waals surface area contributed by atoms with Crippen molar-refractivity contribution in [2.45, 2.75) is 65.7 Å². The number of nitrogens with one attached hydrogen (secondary N) is 1. The Kier molecular flexibility index (Phi) is 6.02. The van der Waals surface area contributed by atoms with Gasteiger partial charge in [-0.25, -0.2) is 0 Å². The van der Waals surface area contributed by atoms with Gasteiger partial charge in [-0.15, -0.1) is 0 Å². The van der Waals surface area contributed by atoms with E-state index in [1.165, 1.54) is 17.5 Å². The van der Waals surface area contributed by atoms with Crippen LogP contribution in [0.4, 0.5) is 0 Å². The maximum absolute atomic E-state index is 3.58. The van der Waals surface area contributed by atoms with Crippen LogP contribution in [0.1, 0.15) is 52.2 Å². The molecule has 1 N–H and O–H groups in total. The summed E-state index contributed by atoms with van der Waals surface area (Å²) in [5, 5.41) is 3.58. The molecule has 108 valence electrons. The normalized spacial score (nSPS) is 13.8. The first-order chi connectivity index (χ1) is 8.83. The fraction of sp³-hybridized carbons (Fsp3) is 0.647. The number of nitrogens with zero attached hydrogens (tertiary/aromatic N) is 1. The van der Waals surface area contributed by atoms with Gasteiger partial charge in [-0.05, 0) is 52.3 Å². The molecular formula is C17H30N2. The van der Waals surface area contributed by atoms with Crippen LogP contribution in [0.5, 0.6) is 0 Å². The molecule has 1 aromatic rings. The minimum atomic E-state index is 0.162. The molecule has 0 spiro atoms. The lowest BCUT2D eigenvalue weighted by Gasteiger charge is -2.26. The van der Waals surface area contributed by atoms with Crippen molar-refractivity contribution in [3.05, 3.63) is 35.4 Å². The van der Waals surface area contributed by atoms with Crippen molar-refractivity contribution in [1.82, 2.24) is 10.2 Å². The molecule has 0 bridgehead atoms. The summed E-state index contributed by atoms with van der Waals surface area (Å²) in [5.41, 5.74) is 3.00. The lowest BCUT2D eigenvalue weighted by atomic mass is 10.0. The maximum atomic E-state index is 3.58. The monoisotopic (exact) mass is 262 g/mol. The Morgan fingerprint density at radius 1 is 1.16 bits per heavy atom. The molecule has 1 aromatic carbocycles. The summed E-state index contributed by atoms with van der Waals surface area (Å²) in [4.78, 5) is 2.43. The second-order valence-electron chi connectivity index (χ2n) is 6.54. The third-order valence-corrected chi connectivity index (χ3v) is 3.69. The van der Waals surface area contributed by atoms with Gasteiger partial charge >= 0.3 is 0 Å². The van der Waals surface area contributed by atoms with Gasteiger partial charge in [0.1, 0.15) is 0 Å². The van der Waals surface area contributed by atoms with Crippen molar-refractivity contribution >= 4 is 0 Å². The molecule has 1 atom stereocenters. The van der Waals surface area contributed by atoms with Crippen LogP contribution >= 0.6 is 0 Å². The highest BCUT2D eigenvalue weighted by Crippen LogP contribution is 2.14. The number of rotatable bonds is 6. The molecule has 0 aliphatic carbocycles. The topological polar surface area (TPSA) is 15.3 Å². The molecule has 1 rings (SSSR count). The van der Waals surface area contributed by atoms with Crippen LogP contribution in [0.25, 0.3) is 0 Å². The Labute approximate surface area is 119 Å². The van der Waals surface area contributed by atoms with Crippen LogP contribution in [-0.2, 0) is 13.1 Å². The van der Waals surface area contributed by atoms with Gasteiger partial charge in [-0.3, -0.25) is 4.90 Å². The number of benzene rings is 1. The summed E-state index contributed by atoms with van der Waals surface area (Å²) >= 11 is 0. The molecule has 2 heteroatoms. The Bertz CT molecular complexity index is 379. The molecule has 0 heterocycles. The summed E-state index contributed by atoms with van der Waals surface area (Å²) in [5.74, 6) is 0. The fourth-order valence-electron chi connectivity index (χ4n) is 1.98. The van der Waals surface area contributed by atoms with E-state index in [4.69, 9.17) is 0 Å². The second kappa shape index (κ2) is 7.06. The van der Waals surface area contributed by atoms with Gasteiger partial charge in [0.15, 0.2) is 0 Å². The summed E-state index contributed by atoms with van der Waals surface area (Å²) < 4.78 is 0. The molecule has 0 saturated heterocycles. The van der Waals surface area contributed by atoms with E-state index in [1.807, 2.05) is 0 Å². The van der Waals surface area contributed by atoms with Crippen LogP contribution < -0.4 is 5.32 Å². The minimum absolute atomic E-state index is 0.162. The highest BCUT2D eigenvalue weighted by Gasteiger charge is 2.12. The highest BCUT2D eigenvalue weighted by molar-refractivity contribution is 5.27. The first-order valence-corrected chi connectivity index (χ1v) is 7.35. The Morgan fingerprint density at radius 2 is 1.74 bits per heavy atom. The lowest BCUT2D eigenvalue weighted by molar-refractivity contribution is 0.243. The third kappa shape index (κ3) is 5.75. The van der Waals surface area contributed by atoms with Crippen molar-refractivity contribution in [2.24, 2.45) is 0 Å². The average Bonchev–Trinajstić information content (AvgIpc) is 2.35. The van der Waals surface area contributed by atoms with E-state index in [-0.39, 0.29) is 5.54 Å². The number of hydrogen-bond donors (Lipinski definition) is 1. The van der Waals surface area contributed by atoms with Gasteiger partial charge in [0.2, 0.25) is 0 Å². The average molecular weight is 262 g/mol. The zero-order chi connectivity index (χ0) is 14.5. The van der Waals surface area contributed by atoms with Crippen LogP contribution in [0.3, 0.4) is 0 Å². The van der Waals surface area contributed by atoms with Crippen molar-refractivity contribution < 1.29 is 0 Å².